The minimum absolute atomic E-state index is 0.00219. The van der Waals surface area contributed by atoms with Crippen molar-refractivity contribution < 1.29 is 22.8 Å². The second kappa shape index (κ2) is 7.21. The molecule has 3 fully saturated rings. The van der Waals surface area contributed by atoms with E-state index in [-0.39, 0.29) is 53.6 Å². The number of carbonyl (C=O) groups is 3. The summed E-state index contributed by atoms with van der Waals surface area (Å²) in [6.45, 7) is 0. The molecule has 0 aromatic heterocycles. The van der Waals surface area contributed by atoms with Gasteiger partial charge in [-0.15, -0.1) is 0 Å². The lowest BCUT2D eigenvalue weighted by atomic mass is 9.95. The maximum Gasteiger partial charge on any atom is 0.254 e. The molecular weight excluding hydrogens is 394 g/mol. The fourth-order valence-corrected chi connectivity index (χ4v) is 5.72. The predicted octanol–water partition coefficient (Wildman–Crippen LogP) is 1.22. The number of hydrogen-bond donors (Lipinski definition) is 0. The van der Waals surface area contributed by atoms with Crippen LogP contribution in [0.25, 0.3) is 0 Å². The number of likely N-dealkylation sites (tertiary alicyclic amines) is 1. The van der Waals surface area contributed by atoms with E-state index in [1.54, 1.807) is 12.1 Å². The lowest BCUT2D eigenvalue weighted by molar-refractivity contribution is -0.142. The predicted molar refractivity (Wildman–Crippen MR) is 104 cm³/mol. The van der Waals surface area contributed by atoms with Gasteiger partial charge in [-0.3, -0.25) is 19.3 Å². The fraction of sp³-hybridized carbons (Fsp3) is 0.550. The zero-order valence-corrected chi connectivity index (χ0v) is 17.4. The van der Waals surface area contributed by atoms with Crippen LogP contribution in [0.3, 0.4) is 0 Å². The van der Waals surface area contributed by atoms with Crippen LogP contribution in [0.1, 0.15) is 48.9 Å². The summed E-state index contributed by atoms with van der Waals surface area (Å²) in [5.74, 6) is -0.322. The van der Waals surface area contributed by atoms with Gasteiger partial charge >= 0.3 is 0 Å². The summed E-state index contributed by atoms with van der Waals surface area (Å²) in [7, 11) is -0.613. The average Bonchev–Trinajstić information content (AvgIpc) is 3.16. The van der Waals surface area contributed by atoms with Gasteiger partial charge in [-0.05, 0) is 49.9 Å². The van der Waals surface area contributed by atoms with Crippen molar-refractivity contribution in [3.63, 3.8) is 0 Å². The third kappa shape index (κ3) is 3.36. The Balaban J connectivity index is 1.51. The standard InChI is InChI=1S/C20H25N3O5S/c1-21(2)29(27,28)17-7-3-13(4-8-17)20(26)22-14-5-6-15(22)12-16(11-14)23-18(24)9-10-19(23)25/h3-4,7-8,14-16H,5-6,9-12H2,1-2H3. The van der Waals surface area contributed by atoms with Crippen molar-refractivity contribution in [3.05, 3.63) is 29.8 Å². The number of sulfonamides is 1. The highest BCUT2D eigenvalue weighted by Gasteiger charge is 2.47. The monoisotopic (exact) mass is 419 g/mol. The van der Waals surface area contributed by atoms with Gasteiger partial charge in [0, 0.05) is 50.6 Å². The van der Waals surface area contributed by atoms with E-state index in [2.05, 4.69) is 0 Å². The second-order valence-corrected chi connectivity index (χ2v) is 10.3. The van der Waals surface area contributed by atoms with Gasteiger partial charge in [-0.2, -0.15) is 0 Å². The number of rotatable bonds is 4. The van der Waals surface area contributed by atoms with Gasteiger partial charge in [-0.1, -0.05) is 0 Å². The van der Waals surface area contributed by atoms with Crippen molar-refractivity contribution in [1.82, 2.24) is 14.1 Å². The van der Waals surface area contributed by atoms with Gasteiger partial charge in [0.15, 0.2) is 0 Å². The first-order valence-corrected chi connectivity index (χ1v) is 11.3. The second-order valence-electron chi connectivity index (χ2n) is 8.19. The van der Waals surface area contributed by atoms with Gasteiger partial charge in [0.25, 0.3) is 5.91 Å². The van der Waals surface area contributed by atoms with E-state index in [4.69, 9.17) is 0 Å². The van der Waals surface area contributed by atoms with Crippen LogP contribution in [0.5, 0.6) is 0 Å². The Labute approximate surface area is 170 Å². The van der Waals surface area contributed by atoms with Gasteiger partial charge in [0.1, 0.15) is 0 Å². The van der Waals surface area contributed by atoms with E-state index in [0.29, 0.717) is 18.4 Å². The van der Waals surface area contributed by atoms with Crippen LogP contribution < -0.4 is 0 Å². The molecule has 8 nitrogen and oxygen atoms in total. The van der Waals surface area contributed by atoms with E-state index in [1.807, 2.05) is 4.90 Å². The molecule has 0 N–H and O–H groups in total. The summed E-state index contributed by atoms with van der Waals surface area (Å²) in [6.07, 6.45) is 3.52. The first kappa shape index (κ1) is 20.0. The third-order valence-electron chi connectivity index (χ3n) is 6.28. The zero-order chi connectivity index (χ0) is 20.9. The first-order valence-electron chi connectivity index (χ1n) is 9.90. The molecule has 1 aromatic rings. The minimum atomic E-state index is -3.54. The van der Waals surface area contributed by atoms with Crippen LogP contribution in [0.4, 0.5) is 0 Å². The highest BCUT2D eigenvalue weighted by atomic mass is 32.2. The molecule has 0 spiro atoms. The van der Waals surface area contributed by atoms with Crippen molar-refractivity contribution in [1.29, 1.82) is 0 Å². The van der Waals surface area contributed by atoms with Gasteiger partial charge < -0.3 is 4.90 Å². The molecule has 3 amide bonds. The number of imide groups is 1. The highest BCUT2D eigenvalue weighted by Crippen LogP contribution is 2.39. The largest absolute Gasteiger partial charge is 0.333 e. The number of fused-ring (bicyclic) bond motifs is 2. The lowest BCUT2D eigenvalue weighted by Gasteiger charge is -2.41. The Morgan fingerprint density at radius 3 is 1.93 bits per heavy atom. The molecule has 9 heteroatoms. The lowest BCUT2D eigenvalue weighted by Crippen LogP contribution is -2.53. The normalized spacial score (nSPS) is 27.2. The average molecular weight is 420 g/mol. The van der Waals surface area contributed by atoms with E-state index >= 15 is 0 Å². The number of carbonyl (C=O) groups excluding carboxylic acids is 3. The molecule has 3 aliphatic rings. The molecule has 2 bridgehead atoms. The van der Waals surface area contributed by atoms with E-state index in [0.717, 1.165) is 17.1 Å². The summed E-state index contributed by atoms with van der Waals surface area (Å²) in [5.41, 5.74) is 0.450. The van der Waals surface area contributed by atoms with Gasteiger partial charge in [-0.25, -0.2) is 12.7 Å². The smallest absolute Gasteiger partial charge is 0.254 e. The SMILES string of the molecule is CN(C)S(=O)(=O)c1ccc(C(=O)N2C3CCC2CC(N2C(=O)CCC2=O)C3)cc1. The van der Waals surface area contributed by atoms with Gasteiger partial charge in [0.05, 0.1) is 4.90 Å². The molecule has 0 radical (unpaired) electrons. The quantitative estimate of drug-likeness (QED) is 0.684. The topological polar surface area (TPSA) is 95.1 Å². The molecule has 2 atom stereocenters. The molecule has 3 aliphatic heterocycles. The number of hydrogen-bond acceptors (Lipinski definition) is 5. The Hall–Kier alpha value is -2.26. The zero-order valence-electron chi connectivity index (χ0n) is 16.6. The molecule has 29 heavy (non-hydrogen) atoms. The van der Waals surface area contributed by atoms with Crippen molar-refractivity contribution in [3.8, 4) is 0 Å². The Kier molecular flexibility index (Phi) is 4.98. The Morgan fingerprint density at radius 2 is 1.45 bits per heavy atom. The summed E-state index contributed by atoms with van der Waals surface area (Å²) in [4.78, 5) is 40.7. The van der Waals surface area contributed by atoms with Gasteiger partial charge in [0.2, 0.25) is 21.8 Å². The maximum atomic E-state index is 13.1. The summed E-state index contributed by atoms with van der Waals surface area (Å²) in [6, 6.07) is 5.90. The van der Waals surface area contributed by atoms with Crippen molar-refractivity contribution in [2.24, 2.45) is 0 Å². The molecule has 2 unspecified atom stereocenters. The number of nitrogens with zero attached hydrogens (tertiary/aromatic N) is 3. The number of piperidine rings is 1. The maximum absolute atomic E-state index is 13.1. The summed E-state index contributed by atoms with van der Waals surface area (Å²) >= 11 is 0. The van der Waals surface area contributed by atoms with E-state index in [1.165, 1.54) is 31.1 Å². The van der Waals surface area contributed by atoms with Crippen LogP contribution in [0.15, 0.2) is 29.2 Å². The van der Waals surface area contributed by atoms with Crippen LogP contribution in [0.2, 0.25) is 0 Å². The molecule has 0 aliphatic carbocycles. The highest BCUT2D eigenvalue weighted by molar-refractivity contribution is 7.89. The van der Waals surface area contributed by atoms with E-state index in [9.17, 15) is 22.8 Å². The minimum Gasteiger partial charge on any atom is -0.333 e. The summed E-state index contributed by atoms with van der Waals surface area (Å²) in [5, 5.41) is 0. The fourth-order valence-electron chi connectivity index (χ4n) is 4.82. The summed E-state index contributed by atoms with van der Waals surface area (Å²) < 4.78 is 25.6. The third-order valence-corrected chi connectivity index (χ3v) is 8.11. The Morgan fingerprint density at radius 1 is 0.931 bits per heavy atom. The molecule has 4 rings (SSSR count). The van der Waals surface area contributed by atoms with Crippen molar-refractivity contribution in [2.75, 3.05) is 14.1 Å². The molecule has 3 saturated heterocycles. The Bertz CT molecular complexity index is 927. The number of benzene rings is 1. The number of amides is 3. The molecule has 0 saturated carbocycles. The molecule has 3 heterocycles. The van der Waals surface area contributed by atoms with E-state index < -0.39 is 10.0 Å². The first-order chi connectivity index (χ1) is 13.7. The van der Waals surface area contributed by atoms with Crippen molar-refractivity contribution in [2.45, 2.75) is 61.5 Å². The van der Waals surface area contributed by atoms with Crippen LogP contribution in [-0.4, -0.2) is 72.5 Å². The van der Waals surface area contributed by atoms with Crippen LogP contribution >= 0.6 is 0 Å². The molecule has 1 aromatic carbocycles. The molecular formula is C20H25N3O5S. The van der Waals surface area contributed by atoms with Crippen LogP contribution in [0, 0.1) is 0 Å². The molecule has 156 valence electrons. The van der Waals surface area contributed by atoms with Crippen LogP contribution in [-0.2, 0) is 19.6 Å². The van der Waals surface area contributed by atoms with Crippen molar-refractivity contribution >= 4 is 27.7 Å².